The molecule has 0 aromatic carbocycles. The van der Waals surface area contributed by atoms with Crippen LogP contribution in [0.25, 0.3) is 0 Å². The second-order valence-electron chi connectivity index (χ2n) is 6.65. The van der Waals surface area contributed by atoms with Gasteiger partial charge in [-0.3, -0.25) is 9.89 Å². The molecule has 1 aromatic heterocycles. The fourth-order valence-electron chi connectivity index (χ4n) is 2.68. The van der Waals surface area contributed by atoms with Crippen molar-refractivity contribution in [3.05, 3.63) is 21.3 Å². The fraction of sp³-hybridized carbons (Fsp3) is 0.706. The number of aliphatic imine (C=N–C) groups is 1. The molecule has 1 aliphatic heterocycles. The van der Waals surface area contributed by atoms with Gasteiger partial charge < -0.3 is 20.5 Å². The normalized spacial score (nSPS) is 18.2. The molecule has 0 radical (unpaired) electrons. The monoisotopic (exact) mass is 388 g/mol. The molecule has 1 aromatic rings. The Morgan fingerprint density at radius 3 is 2.72 bits per heavy atom. The predicted octanol–water partition coefficient (Wildman–Crippen LogP) is 2.10. The van der Waals surface area contributed by atoms with E-state index in [1.807, 2.05) is 13.0 Å². The van der Waals surface area contributed by atoms with Crippen molar-refractivity contribution in [2.45, 2.75) is 32.4 Å². The van der Waals surface area contributed by atoms with Gasteiger partial charge in [-0.05, 0) is 32.9 Å². The van der Waals surface area contributed by atoms with E-state index >= 15 is 0 Å². The average molecular weight is 389 g/mol. The molecule has 2 heterocycles. The topological polar surface area (TPSA) is 69.1 Å². The zero-order valence-electron chi connectivity index (χ0n) is 15.2. The van der Waals surface area contributed by atoms with Crippen molar-refractivity contribution in [2.24, 2.45) is 4.99 Å². The molecule has 1 atom stereocenters. The van der Waals surface area contributed by atoms with Gasteiger partial charge in [0.25, 0.3) is 0 Å². The maximum atomic E-state index is 10.3. The number of rotatable bonds is 7. The van der Waals surface area contributed by atoms with E-state index in [4.69, 9.17) is 21.3 Å². The summed E-state index contributed by atoms with van der Waals surface area (Å²) in [5, 5.41) is 16.7. The van der Waals surface area contributed by atoms with Crippen molar-refractivity contribution in [3.63, 3.8) is 0 Å². The maximum absolute atomic E-state index is 10.3. The Balaban J connectivity index is 1.90. The molecule has 1 fully saturated rings. The Hall–Kier alpha value is -0.860. The molecular weight excluding hydrogens is 360 g/mol. The number of ether oxygens (including phenoxy) is 1. The SMILES string of the molecule is CCNC(=NCC(C)(C)N1CCOCC1)NCC(O)c1ccc(Cl)s1. The lowest BCUT2D eigenvalue weighted by molar-refractivity contribution is -0.00684. The van der Waals surface area contributed by atoms with E-state index in [0.717, 1.165) is 37.7 Å². The van der Waals surface area contributed by atoms with E-state index in [9.17, 15) is 5.11 Å². The van der Waals surface area contributed by atoms with Gasteiger partial charge in [0.1, 0.15) is 6.10 Å². The van der Waals surface area contributed by atoms with Gasteiger partial charge in [0.15, 0.2) is 5.96 Å². The second-order valence-corrected chi connectivity index (χ2v) is 8.39. The van der Waals surface area contributed by atoms with Gasteiger partial charge in [-0.2, -0.15) is 0 Å². The van der Waals surface area contributed by atoms with Crippen LogP contribution in [-0.2, 0) is 4.74 Å². The Morgan fingerprint density at radius 1 is 1.40 bits per heavy atom. The standard InChI is InChI=1S/C17H29ClN4O2S/c1-4-19-16(20-11-13(23)14-5-6-15(18)25-14)21-12-17(2,3)22-7-9-24-10-8-22/h5-6,13,23H,4,7-12H2,1-3H3,(H2,19,20,21). The molecule has 25 heavy (non-hydrogen) atoms. The molecule has 1 aliphatic rings. The average Bonchev–Trinajstić information content (AvgIpc) is 3.04. The van der Waals surface area contributed by atoms with Gasteiger partial charge in [0, 0.05) is 36.6 Å². The number of morpholine rings is 1. The van der Waals surface area contributed by atoms with Crippen LogP contribution < -0.4 is 10.6 Å². The first kappa shape index (κ1) is 20.5. The van der Waals surface area contributed by atoms with Crippen LogP contribution >= 0.6 is 22.9 Å². The highest BCUT2D eigenvalue weighted by Gasteiger charge is 2.28. The number of hydrogen-bond acceptors (Lipinski definition) is 5. The summed E-state index contributed by atoms with van der Waals surface area (Å²) in [6, 6.07) is 3.65. The third kappa shape index (κ3) is 6.42. The smallest absolute Gasteiger partial charge is 0.191 e. The van der Waals surface area contributed by atoms with Crippen LogP contribution in [0.5, 0.6) is 0 Å². The number of guanidine groups is 1. The van der Waals surface area contributed by atoms with Crippen molar-refractivity contribution >= 4 is 28.9 Å². The van der Waals surface area contributed by atoms with Crippen LogP contribution in [0.1, 0.15) is 31.8 Å². The van der Waals surface area contributed by atoms with Gasteiger partial charge in [-0.25, -0.2) is 0 Å². The minimum Gasteiger partial charge on any atom is -0.386 e. The molecule has 0 spiro atoms. The van der Waals surface area contributed by atoms with Crippen LogP contribution in [0.15, 0.2) is 17.1 Å². The van der Waals surface area contributed by atoms with E-state index in [0.29, 0.717) is 23.4 Å². The molecule has 3 N–H and O–H groups in total. The number of halogens is 1. The van der Waals surface area contributed by atoms with Gasteiger partial charge in [-0.15, -0.1) is 11.3 Å². The molecule has 1 unspecified atom stereocenters. The Bertz CT molecular complexity index is 559. The van der Waals surface area contributed by atoms with E-state index < -0.39 is 6.10 Å². The summed E-state index contributed by atoms with van der Waals surface area (Å²) in [5.74, 6) is 0.713. The minimum atomic E-state index is -0.603. The molecule has 0 amide bonds. The van der Waals surface area contributed by atoms with Crippen LogP contribution in [0.3, 0.4) is 0 Å². The number of aliphatic hydroxyl groups excluding tert-OH is 1. The first-order valence-corrected chi connectivity index (χ1v) is 9.90. The van der Waals surface area contributed by atoms with Crippen molar-refractivity contribution < 1.29 is 9.84 Å². The summed E-state index contributed by atoms with van der Waals surface area (Å²) in [5.41, 5.74) is -0.0357. The van der Waals surface area contributed by atoms with Crippen LogP contribution in [0, 0.1) is 0 Å². The molecule has 142 valence electrons. The molecule has 1 saturated heterocycles. The highest BCUT2D eigenvalue weighted by molar-refractivity contribution is 7.16. The highest BCUT2D eigenvalue weighted by atomic mass is 35.5. The number of thiophene rings is 1. The second kappa shape index (κ2) is 9.73. The lowest BCUT2D eigenvalue weighted by Crippen LogP contribution is -2.52. The highest BCUT2D eigenvalue weighted by Crippen LogP contribution is 2.26. The Labute approximate surface area is 159 Å². The first-order valence-electron chi connectivity index (χ1n) is 8.70. The molecule has 8 heteroatoms. The number of nitrogens with one attached hydrogen (secondary N) is 2. The van der Waals surface area contributed by atoms with E-state index in [-0.39, 0.29) is 5.54 Å². The van der Waals surface area contributed by atoms with Crippen molar-refractivity contribution in [2.75, 3.05) is 45.9 Å². The van der Waals surface area contributed by atoms with Gasteiger partial charge >= 0.3 is 0 Å². The quantitative estimate of drug-likeness (QED) is 0.493. The maximum Gasteiger partial charge on any atom is 0.191 e. The third-order valence-corrected chi connectivity index (χ3v) is 5.55. The van der Waals surface area contributed by atoms with Gasteiger partial charge in [0.05, 0.1) is 24.1 Å². The molecule has 0 aliphatic carbocycles. The largest absolute Gasteiger partial charge is 0.386 e. The Morgan fingerprint density at radius 2 is 2.12 bits per heavy atom. The third-order valence-electron chi connectivity index (χ3n) is 4.22. The van der Waals surface area contributed by atoms with E-state index in [1.54, 1.807) is 6.07 Å². The minimum absolute atomic E-state index is 0.0357. The predicted molar refractivity (Wildman–Crippen MR) is 105 cm³/mol. The zero-order chi connectivity index (χ0) is 18.3. The van der Waals surface area contributed by atoms with Crippen LogP contribution in [0.2, 0.25) is 4.34 Å². The summed E-state index contributed by atoms with van der Waals surface area (Å²) < 4.78 is 6.11. The van der Waals surface area contributed by atoms with Gasteiger partial charge in [-0.1, -0.05) is 11.6 Å². The summed E-state index contributed by atoms with van der Waals surface area (Å²) >= 11 is 7.32. The summed E-state index contributed by atoms with van der Waals surface area (Å²) in [4.78, 5) is 7.97. The summed E-state index contributed by atoms with van der Waals surface area (Å²) in [7, 11) is 0. The van der Waals surface area contributed by atoms with Crippen molar-refractivity contribution in [1.29, 1.82) is 0 Å². The van der Waals surface area contributed by atoms with Crippen LogP contribution in [0.4, 0.5) is 0 Å². The summed E-state index contributed by atoms with van der Waals surface area (Å²) in [6.45, 7) is 11.7. The fourth-order valence-corrected chi connectivity index (χ4v) is 3.73. The van der Waals surface area contributed by atoms with Crippen LogP contribution in [-0.4, -0.2) is 67.4 Å². The number of aliphatic hydroxyl groups is 1. The number of nitrogens with zero attached hydrogens (tertiary/aromatic N) is 2. The van der Waals surface area contributed by atoms with E-state index in [1.165, 1.54) is 11.3 Å². The lowest BCUT2D eigenvalue weighted by Gasteiger charge is -2.39. The molecular formula is C17H29ClN4O2S. The van der Waals surface area contributed by atoms with Crippen molar-refractivity contribution in [3.8, 4) is 0 Å². The summed E-state index contributed by atoms with van der Waals surface area (Å²) in [6.07, 6.45) is -0.603. The van der Waals surface area contributed by atoms with E-state index in [2.05, 4.69) is 29.4 Å². The lowest BCUT2D eigenvalue weighted by atomic mass is 10.0. The van der Waals surface area contributed by atoms with Gasteiger partial charge in [0.2, 0.25) is 0 Å². The zero-order valence-corrected chi connectivity index (χ0v) is 16.8. The molecule has 0 bridgehead atoms. The molecule has 0 saturated carbocycles. The molecule has 6 nitrogen and oxygen atoms in total. The molecule has 2 rings (SSSR count). The number of hydrogen-bond donors (Lipinski definition) is 3. The van der Waals surface area contributed by atoms with Crippen molar-refractivity contribution in [1.82, 2.24) is 15.5 Å². The Kier molecular flexibility index (Phi) is 7.96. The first-order chi connectivity index (χ1) is 11.9.